The summed E-state index contributed by atoms with van der Waals surface area (Å²) in [5.74, 6) is -8.04. The summed E-state index contributed by atoms with van der Waals surface area (Å²) in [5.41, 5.74) is -7.88. The second-order valence-corrected chi connectivity index (χ2v) is 22.5. The number of rotatable bonds is 19. The molecule has 2 bridgehead atoms. The van der Waals surface area contributed by atoms with Gasteiger partial charge in [0, 0.05) is 49.2 Å². The third kappa shape index (κ3) is 11.2. The van der Waals surface area contributed by atoms with Gasteiger partial charge in [0.1, 0.15) is 42.7 Å². The monoisotopic (exact) mass is 1090 g/mol. The normalized spacial score (nSPS) is 28.4. The molecule has 0 radical (unpaired) electrons. The van der Waals surface area contributed by atoms with E-state index in [1.165, 1.54) is 68.5 Å². The van der Waals surface area contributed by atoms with Gasteiger partial charge in [0.15, 0.2) is 23.6 Å². The molecule has 3 aromatic rings. The van der Waals surface area contributed by atoms with Crippen LogP contribution in [0.4, 0.5) is 4.79 Å². The van der Waals surface area contributed by atoms with Gasteiger partial charge in [-0.3, -0.25) is 24.0 Å². The first-order valence-electron chi connectivity index (χ1n) is 24.5. The molecule has 4 aliphatic rings. The highest BCUT2D eigenvalue weighted by molar-refractivity contribution is 8.76. The van der Waals surface area contributed by atoms with Crippen LogP contribution >= 0.6 is 21.6 Å². The quantitative estimate of drug-likeness (QED) is 0.0349. The van der Waals surface area contributed by atoms with E-state index in [1.54, 1.807) is 78.9 Å². The predicted octanol–water partition coefficient (Wildman–Crippen LogP) is 4.95. The summed E-state index contributed by atoms with van der Waals surface area (Å²) in [4.78, 5) is 111. The lowest BCUT2D eigenvalue weighted by Crippen LogP contribution is -2.82. The SMILES string of the molecule is CN[C@@H](CSSCCOC(=O)O[C@H]1C[C@H]2OC[C@@]2(OC(C)=O)C2[C@H](OC(=O)c3ccccc3)[C@]3(O)C[C@H](OC(=O)[C@H](O)[C@@H](NC(=O)c4ccccc4)c4ccccc4)C(C)=C([C@@H](OC(C)=O)C(=O)[C@@]21C)C3(C)C)C(=O)O. The van der Waals surface area contributed by atoms with E-state index in [-0.39, 0.29) is 46.8 Å². The van der Waals surface area contributed by atoms with E-state index in [0.29, 0.717) is 5.56 Å². The molecule has 3 fully saturated rings. The van der Waals surface area contributed by atoms with Gasteiger partial charge in [0.05, 0.1) is 29.5 Å². The Kier molecular flexibility index (Phi) is 17.8. The van der Waals surface area contributed by atoms with Crippen molar-refractivity contribution in [2.45, 2.75) is 114 Å². The van der Waals surface area contributed by atoms with Crippen molar-refractivity contribution in [1.82, 2.24) is 10.6 Å². The number of Topliss-reactive ketones (excluding diaryl/α,β-unsaturated/α-hetero) is 1. The first-order chi connectivity index (χ1) is 36.0. The Labute approximate surface area is 446 Å². The molecule has 3 aliphatic carbocycles. The molecule has 0 aromatic heterocycles. The zero-order valence-corrected chi connectivity index (χ0v) is 44.5. The summed E-state index contributed by atoms with van der Waals surface area (Å²) in [6, 6.07) is 21.7. The lowest BCUT2D eigenvalue weighted by atomic mass is 9.44. The van der Waals surface area contributed by atoms with Crippen molar-refractivity contribution in [3.05, 3.63) is 119 Å². The average Bonchev–Trinajstić information content (AvgIpc) is 3.50. The molecule has 1 saturated heterocycles. The van der Waals surface area contributed by atoms with E-state index in [9.17, 15) is 48.9 Å². The number of benzene rings is 3. The number of amides is 1. The molecule has 76 heavy (non-hydrogen) atoms. The van der Waals surface area contributed by atoms with Crippen LogP contribution in [0.15, 0.2) is 102 Å². The molecule has 1 amide bonds. The zero-order chi connectivity index (χ0) is 55.3. The average molecular weight is 1090 g/mol. The molecule has 3 aromatic carbocycles. The number of carbonyl (C=O) groups is 8. The summed E-state index contributed by atoms with van der Waals surface area (Å²) < 4.78 is 42.5. The summed E-state index contributed by atoms with van der Waals surface area (Å²) >= 11 is 0. The van der Waals surface area contributed by atoms with Crippen molar-refractivity contribution in [3.8, 4) is 0 Å². The number of nitrogens with one attached hydrogen (secondary N) is 2. The fraction of sp³-hybridized carbons (Fsp3) is 0.481. The van der Waals surface area contributed by atoms with E-state index < -0.39 is 137 Å². The number of hydrogen-bond acceptors (Lipinski definition) is 20. The summed E-state index contributed by atoms with van der Waals surface area (Å²) in [7, 11) is 3.98. The molecule has 0 spiro atoms. The molecule has 408 valence electrons. The van der Waals surface area contributed by atoms with Crippen molar-refractivity contribution in [1.29, 1.82) is 0 Å². The van der Waals surface area contributed by atoms with Gasteiger partial charge in [-0.25, -0.2) is 14.4 Å². The lowest BCUT2D eigenvalue weighted by molar-refractivity contribution is -0.346. The molecule has 1 unspecified atom stereocenters. The van der Waals surface area contributed by atoms with Crippen LogP contribution in [0, 0.1) is 16.7 Å². The highest BCUT2D eigenvalue weighted by atomic mass is 33.1. The third-order valence-electron chi connectivity index (χ3n) is 15.0. The van der Waals surface area contributed by atoms with Gasteiger partial charge in [-0.2, -0.15) is 0 Å². The van der Waals surface area contributed by atoms with Gasteiger partial charge in [-0.1, -0.05) is 102 Å². The maximum absolute atomic E-state index is 16.2. The molecular weight excluding hydrogens is 1030 g/mol. The molecule has 2 saturated carbocycles. The van der Waals surface area contributed by atoms with Crippen molar-refractivity contribution in [2.24, 2.45) is 16.7 Å². The Morgan fingerprint density at radius 3 is 2.01 bits per heavy atom. The number of ether oxygens (including phenoxy) is 7. The summed E-state index contributed by atoms with van der Waals surface area (Å²) in [5, 5.41) is 40.7. The van der Waals surface area contributed by atoms with E-state index in [0.717, 1.165) is 13.8 Å². The van der Waals surface area contributed by atoms with E-state index in [1.807, 2.05) is 0 Å². The van der Waals surface area contributed by atoms with Gasteiger partial charge in [0.25, 0.3) is 5.91 Å². The highest BCUT2D eigenvalue weighted by Gasteiger charge is 2.79. The van der Waals surface area contributed by atoms with Crippen LogP contribution in [0.5, 0.6) is 0 Å². The second-order valence-electron chi connectivity index (χ2n) is 19.8. The fourth-order valence-electron chi connectivity index (χ4n) is 11.1. The van der Waals surface area contributed by atoms with Gasteiger partial charge in [-0.05, 0) is 61.9 Å². The van der Waals surface area contributed by atoms with Crippen molar-refractivity contribution in [2.75, 3.05) is 31.8 Å². The minimum absolute atomic E-state index is 0.00532. The van der Waals surface area contributed by atoms with Gasteiger partial charge in [0.2, 0.25) is 0 Å². The topological polar surface area (TPSA) is 286 Å². The largest absolute Gasteiger partial charge is 0.508 e. The van der Waals surface area contributed by atoms with Crippen LogP contribution in [-0.2, 0) is 57.1 Å². The van der Waals surface area contributed by atoms with E-state index >= 15 is 4.79 Å². The number of carboxylic acid groups (broad SMARTS) is 1. The molecule has 22 heteroatoms. The zero-order valence-electron chi connectivity index (χ0n) is 42.9. The molecule has 12 atom stereocenters. The van der Waals surface area contributed by atoms with Gasteiger partial charge < -0.3 is 59.1 Å². The number of aliphatic hydroxyl groups excluding tert-OH is 1. The number of carbonyl (C=O) groups excluding carboxylic acids is 7. The molecule has 1 aliphatic heterocycles. The predicted molar refractivity (Wildman–Crippen MR) is 273 cm³/mol. The third-order valence-corrected chi connectivity index (χ3v) is 17.4. The molecular formula is C54H62N2O18S2. The number of fused-ring (bicyclic) bond motifs is 5. The van der Waals surface area contributed by atoms with Crippen molar-refractivity contribution < 1.29 is 86.8 Å². The van der Waals surface area contributed by atoms with Crippen LogP contribution in [0.2, 0.25) is 0 Å². The number of aliphatic carboxylic acids is 1. The lowest BCUT2D eigenvalue weighted by Gasteiger charge is -2.67. The molecule has 1 heterocycles. The van der Waals surface area contributed by atoms with E-state index in [2.05, 4.69) is 10.6 Å². The second kappa shape index (κ2) is 23.5. The number of ketones is 1. The van der Waals surface area contributed by atoms with Crippen LogP contribution < -0.4 is 10.6 Å². The summed E-state index contributed by atoms with van der Waals surface area (Å²) in [6.45, 7) is 7.44. The first-order valence-corrected chi connectivity index (χ1v) is 27.0. The van der Waals surface area contributed by atoms with Crippen LogP contribution in [-0.4, -0.2) is 149 Å². The number of carboxylic acids is 1. The van der Waals surface area contributed by atoms with Gasteiger partial charge in [-0.15, -0.1) is 0 Å². The van der Waals surface area contributed by atoms with E-state index in [4.69, 9.17) is 33.2 Å². The van der Waals surface area contributed by atoms with Crippen molar-refractivity contribution >= 4 is 69.3 Å². The minimum atomic E-state index is -2.52. The Morgan fingerprint density at radius 1 is 0.829 bits per heavy atom. The first kappa shape index (κ1) is 57.4. The Morgan fingerprint density at radius 2 is 1.45 bits per heavy atom. The fourth-order valence-corrected chi connectivity index (χ4v) is 13.2. The Bertz CT molecular complexity index is 2710. The minimum Gasteiger partial charge on any atom is -0.480 e. The summed E-state index contributed by atoms with van der Waals surface area (Å²) in [6.07, 6.45) is -12.6. The smallest absolute Gasteiger partial charge is 0.480 e. The van der Waals surface area contributed by atoms with Crippen molar-refractivity contribution in [3.63, 3.8) is 0 Å². The van der Waals surface area contributed by atoms with Crippen LogP contribution in [0.1, 0.15) is 86.7 Å². The van der Waals surface area contributed by atoms with Gasteiger partial charge >= 0.3 is 36.0 Å². The highest BCUT2D eigenvalue weighted by Crippen LogP contribution is 2.65. The number of esters is 4. The van der Waals surface area contributed by atoms with Crippen LogP contribution in [0.25, 0.3) is 0 Å². The Balaban J connectivity index is 1.34. The molecule has 7 rings (SSSR count). The Hall–Kier alpha value is -6.30. The number of aliphatic hydroxyl groups is 2. The number of hydrogen-bond donors (Lipinski definition) is 5. The standard InChI is InChI=1S/C54H62N2O18S2/c1-29-36(71-49(65)41(59)40(32-17-11-8-12-18-32)56-46(61)33-19-13-9-14-20-33)26-54(67)45(73-48(64)34-21-15-10-16-22-34)43-52(6,44(60)42(70-30(2)57)39(29)51(54,4)5)37(25-38-53(43,28-69-38)74-31(3)58)72-50(66)68-23-24-75-76-27-35(55-7)47(62)63/h8-22,35-38,40-43,45,55,59,67H,23-28H2,1-7H3,(H,56,61)(H,62,63)/t35-,36-,37-,38+,40-,41+,42+,43?,45-,52+,53-,54+/m0/s1. The maximum atomic E-state index is 16.2. The number of likely N-dealkylation sites (N-methyl/N-ethyl adjacent to an activating group) is 1. The molecule has 5 N–H and O–H groups in total. The molecule has 20 nitrogen and oxygen atoms in total. The maximum Gasteiger partial charge on any atom is 0.508 e. The van der Waals surface area contributed by atoms with Crippen LogP contribution in [0.3, 0.4) is 0 Å².